The molecule has 0 bridgehead atoms. The van der Waals surface area contributed by atoms with Gasteiger partial charge in [0.25, 0.3) is 0 Å². The molecule has 0 aliphatic heterocycles. The van der Waals surface area contributed by atoms with Crippen molar-refractivity contribution in [2.45, 2.75) is 18.9 Å². The Balaban J connectivity index is 2.22. The van der Waals surface area contributed by atoms with Crippen LogP contribution in [0.3, 0.4) is 0 Å². The number of methoxy groups -OCH3 is 1. The molecule has 1 aliphatic carbocycles. The third kappa shape index (κ3) is 3.85. The average Bonchev–Trinajstić information content (AvgIpc) is 3.19. The molecule has 0 aromatic heterocycles. The standard InChI is InChI=1S/C14H18ClNO3/c1-19-9-13(10-2-3-10)16(8-14(17)18)12-6-4-11(15)5-7-12/h4-7,10,13H,2-3,8-9H2,1H3,(H,17,18). The van der Waals surface area contributed by atoms with E-state index in [-0.39, 0.29) is 12.6 Å². The Morgan fingerprint density at radius 1 is 1.47 bits per heavy atom. The van der Waals surface area contributed by atoms with Crippen LogP contribution in [0, 0.1) is 5.92 Å². The number of carbonyl (C=O) groups is 1. The number of ether oxygens (including phenoxy) is 1. The molecule has 1 aliphatic rings. The number of benzene rings is 1. The Morgan fingerprint density at radius 3 is 2.58 bits per heavy atom. The van der Waals surface area contributed by atoms with Crippen molar-refractivity contribution in [3.8, 4) is 0 Å². The van der Waals surface area contributed by atoms with Gasteiger partial charge in [-0.05, 0) is 43.0 Å². The van der Waals surface area contributed by atoms with Crippen LogP contribution in [0.4, 0.5) is 5.69 Å². The third-order valence-electron chi connectivity index (χ3n) is 3.37. The first-order chi connectivity index (χ1) is 9.11. The van der Waals surface area contributed by atoms with Crippen LogP contribution in [0.1, 0.15) is 12.8 Å². The van der Waals surface area contributed by atoms with E-state index in [9.17, 15) is 4.79 Å². The normalized spacial score (nSPS) is 16.1. The SMILES string of the molecule is COCC(C1CC1)N(CC(=O)O)c1ccc(Cl)cc1. The quantitative estimate of drug-likeness (QED) is 0.836. The molecule has 1 fully saturated rings. The summed E-state index contributed by atoms with van der Waals surface area (Å²) in [5.74, 6) is -0.313. The molecular weight excluding hydrogens is 266 g/mol. The monoisotopic (exact) mass is 283 g/mol. The van der Waals surface area contributed by atoms with E-state index in [2.05, 4.69) is 0 Å². The Kier molecular flexibility index (Phi) is 4.66. The molecule has 1 atom stereocenters. The van der Waals surface area contributed by atoms with Crippen LogP contribution in [-0.2, 0) is 9.53 Å². The minimum absolute atomic E-state index is 0.0217. The lowest BCUT2D eigenvalue weighted by Crippen LogP contribution is -2.43. The van der Waals surface area contributed by atoms with Crippen molar-refractivity contribution < 1.29 is 14.6 Å². The molecule has 1 N–H and O–H groups in total. The molecule has 19 heavy (non-hydrogen) atoms. The molecule has 104 valence electrons. The predicted molar refractivity (Wildman–Crippen MR) is 74.8 cm³/mol. The number of nitrogens with zero attached hydrogens (tertiary/aromatic N) is 1. The molecular formula is C14H18ClNO3. The van der Waals surface area contributed by atoms with Crippen molar-refractivity contribution in [2.75, 3.05) is 25.2 Å². The van der Waals surface area contributed by atoms with Gasteiger partial charge in [-0.15, -0.1) is 0 Å². The summed E-state index contributed by atoms with van der Waals surface area (Å²) in [6.45, 7) is 0.521. The van der Waals surface area contributed by atoms with E-state index >= 15 is 0 Å². The zero-order valence-electron chi connectivity index (χ0n) is 10.9. The van der Waals surface area contributed by atoms with Crippen molar-refractivity contribution in [1.29, 1.82) is 0 Å². The molecule has 0 spiro atoms. The molecule has 1 aromatic rings. The number of halogens is 1. The van der Waals surface area contributed by atoms with Crippen LogP contribution >= 0.6 is 11.6 Å². The lowest BCUT2D eigenvalue weighted by Gasteiger charge is -2.32. The molecule has 2 rings (SSSR count). The first-order valence-corrected chi connectivity index (χ1v) is 6.72. The van der Waals surface area contributed by atoms with Crippen molar-refractivity contribution in [3.05, 3.63) is 29.3 Å². The first kappa shape index (κ1) is 14.2. The van der Waals surface area contributed by atoms with Gasteiger partial charge in [0.05, 0.1) is 12.6 Å². The van der Waals surface area contributed by atoms with Crippen LogP contribution in [0.25, 0.3) is 0 Å². The summed E-state index contributed by atoms with van der Waals surface area (Å²) in [5.41, 5.74) is 0.876. The third-order valence-corrected chi connectivity index (χ3v) is 3.62. The highest BCUT2D eigenvalue weighted by Crippen LogP contribution is 2.37. The van der Waals surface area contributed by atoms with E-state index in [1.54, 1.807) is 19.2 Å². The number of hydrogen-bond acceptors (Lipinski definition) is 3. The highest BCUT2D eigenvalue weighted by atomic mass is 35.5. The lowest BCUT2D eigenvalue weighted by molar-refractivity contribution is -0.135. The maximum absolute atomic E-state index is 11.1. The molecule has 0 saturated heterocycles. The number of carboxylic acids is 1. The maximum Gasteiger partial charge on any atom is 0.323 e. The Bertz CT molecular complexity index is 431. The molecule has 0 amide bonds. The van der Waals surface area contributed by atoms with Gasteiger partial charge >= 0.3 is 5.97 Å². The van der Waals surface area contributed by atoms with Gasteiger partial charge in [0.1, 0.15) is 6.54 Å². The first-order valence-electron chi connectivity index (χ1n) is 6.34. The van der Waals surface area contributed by atoms with Gasteiger partial charge in [0, 0.05) is 17.8 Å². The molecule has 5 heteroatoms. The topological polar surface area (TPSA) is 49.8 Å². The summed E-state index contributed by atoms with van der Waals surface area (Å²) in [7, 11) is 1.65. The van der Waals surface area contributed by atoms with Crippen LogP contribution in [0.15, 0.2) is 24.3 Å². The number of anilines is 1. The second-order valence-electron chi connectivity index (χ2n) is 4.86. The molecule has 0 radical (unpaired) electrons. The van der Waals surface area contributed by atoms with Gasteiger partial charge in [-0.2, -0.15) is 0 Å². The van der Waals surface area contributed by atoms with E-state index in [1.165, 1.54) is 0 Å². The van der Waals surface area contributed by atoms with Gasteiger partial charge in [0.15, 0.2) is 0 Å². The van der Waals surface area contributed by atoms with Gasteiger partial charge in [0.2, 0.25) is 0 Å². The van der Waals surface area contributed by atoms with Crippen molar-refractivity contribution in [3.63, 3.8) is 0 Å². The van der Waals surface area contributed by atoms with Crippen LogP contribution in [0.5, 0.6) is 0 Å². The van der Waals surface area contributed by atoms with Gasteiger partial charge in [-0.25, -0.2) is 0 Å². The van der Waals surface area contributed by atoms with E-state index in [0.717, 1.165) is 18.5 Å². The van der Waals surface area contributed by atoms with Crippen LogP contribution in [0.2, 0.25) is 5.02 Å². The molecule has 1 aromatic carbocycles. The maximum atomic E-state index is 11.1. The second-order valence-corrected chi connectivity index (χ2v) is 5.29. The molecule has 0 heterocycles. The number of hydrogen-bond donors (Lipinski definition) is 1. The van der Waals surface area contributed by atoms with E-state index in [1.807, 2.05) is 17.0 Å². The fraction of sp³-hybridized carbons (Fsp3) is 0.500. The van der Waals surface area contributed by atoms with Crippen molar-refractivity contribution in [2.24, 2.45) is 5.92 Å². The molecule has 1 unspecified atom stereocenters. The van der Waals surface area contributed by atoms with Crippen LogP contribution in [-0.4, -0.2) is 37.4 Å². The Hall–Kier alpha value is -1.26. The van der Waals surface area contributed by atoms with Crippen molar-refractivity contribution in [1.82, 2.24) is 0 Å². The number of rotatable bonds is 7. The van der Waals surface area contributed by atoms with E-state index in [0.29, 0.717) is 17.5 Å². The minimum Gasteiger partial charge on any atom is -0.480 e. The minimum atomic E-state index is -0.836. The van der Waals surface area contributed by atoms with Gasteiger partial charge < -0.3 is 14.7 Å². The summed E-state index contributed by atoms with van der Waals surface area (Å²) in [6.07, 6.45) is 2.27. The number of aliphatic carboxylic acids is 1. The van der Waals surface area contributed by atoms with Crippen molar-refractivity contribution >= 4 is 23.3 Å². The largest absolute Gasteiger partial charge is 0.480 e. The Labute approximate surface area is 117 Å². The van der Waals surface area contributed by atoms with E-state index < -0.39 is 5.97 Å². The summed E-state index contributed by atoms with van der Waals surface area (Å²) >= 11 is 5.88. The summed E-state index contributed by atoms with van der Waals surface area (Å²) in [5, 5.41) is 9.76. The second kappa shape index (κ2) is 6.26. The van der Waals surface area contributed by atoms with Gasteiger partial charge in [-0.1, -0.05) is 11.6 Å². The van der Waals surface area contributed by atoms with Crippen LogP contribution < -0.4 is 4.90 Å². The van der Waals surface area contributed by atoms with E-state index in [4.69, 9.17) is 21.4 Å². The molecule has 4 nitrogen and oxygen atoms in total. The molecule has 1 saturated carbocycles. The fourth-order valence-corrected chi connectivity index (χ4v) is 2.44. The predicted octanol–water partition coefficient (Wildman–Crippen LogP) is 2.66. The summed E-state index contributed by atoms with van der Waals surface area (Å²) < 4.78 is 5.25. The zero-order chi connectivity index (χ0) is 13.8. The smallest absolute Gasteiger partial charge is 0.323 e. The summed E-state index contributed by atoms with van der Waals surface area (Å²) in [6, 6.07) is 7.39. The van der Waals surface area contributed by atoms with Gasteiger partial charge in [-0.3, -0.25) is 4.79 Å². The lowest BCUT2D eigenvalue weighted by atomic mass is 10.1. The summed E-state index contributed by atoms with van der Waals surface area (Å²) in [4.78, 5) is 13.0. The zero-order valence-corrected chi connectivity index (χ0v) is 11.6. The average molecular weight is 284 g/mol. The number of carboxylic acid groups (broad SMARTS) is 1. The fourth-order valence-electron chi connectivity index (χ4n) is 2.31. The highest BCUT2D eigenvalue weighted by molar-refractivity contribution is 6.30. The Morgan fingerprint density at radius 2 is 2.11 bits per heavy atom. The highest BCUT2D eigenvalue weighted by Gasteiger charge is 2.36.